The van der Waals surface area contributed by atoms with E-state index in [1.165, 1.54) is 16.8 Å². The summed E-state index contributed by atoms with van der Waals surface area (Å²) in [4.78, 5) is 26.7. The number of anilines is 1. The molecule has 3 aromatic carbocycles. The van der Waals surface area contributed by atoms with Crippen molar-refractivity contribution < 1.29 is 4.79 Å². The van der Waals surface area contributed by atoms with Crippen LogP contribution in [-0.2, 0) is 6.54 Å². The number of hydrogen-bond acceptors (Lipinski definition) is 3. The first-order valence-electron chi connectivity index (χ1n) is 9.01. The maximum atomic E-state index is 12.9. The maximum absolute atomic E-state index is 12.9. The molecule has 0 N–H and O–H groups in total. The summed E-state index contributed by atoms with van der Waals surface area (Å²) in [5, 5.41) is 6.46. The Morgan fingerprint density at radius 1 is 0.893 bits per heavy atom. The summed E-state index contributed by atoms with van der Waals surface area (Å²) in [6, 6.07) is 26.3. The Kier molecular flexibility index (Phi) is 4.72. The Hall–Kier alpha value is -3.73. The van der Waals surface area contributed by atoms with Crippen molar-refractivity contribution in [1.82, 2.24) is 9.78 Å². The standard InChI is InChI=1S/C23H19N3O2/c1-25(20-12-11-18-9-5-6-10-19(18)15-20)23(28)21-13-14-22(27)26(24-21)16-17-7-3-2-4-8-17/h2-15H,16H2,1H3. The summed E-state index contributed by atoms with van der Waals surface area (Å²) in [5.41, 5.74) is 1.70. The maximum Gasteiger partial charge on any atom is 0.278 e. The Balaban J connectivity index is 1.63. The molecular formula is C23H19N3O2. The number of fused-ring (bicyclic) bond motifs is 1. The van der Waals surface area contributed by atoms with E-state index in [0.717, 1.165) is 22.0 Å². The smallest absolute Gasteiger partial charge is 0.278 e. The molecule has 0 atom stereocenters. The molecule has 1 heterocycles. The summed E-state index contributed by atoms with van der Waals surface area (Å²) in [5.74, 6) is -0.267. The largest absolute Gasteiger partial charge is 0.310 e. The second kappa shape index (κ2) is 7.48. The van der Waals surface area contributed by atoms with Crippen LogP contribution < -0.4 is 10.5 Å². The fraction of sp³-hybridized carbons (Fsp3) is 0.0870. The molecule has 28 heavy (non-hydrogen) atoms. The van der Waals surface area contributed by atoms with E-state index in [1.54, 1.807) is 11.9 Å². The lowest BCUT2D eigenvalue weighted by Gasteiger charge is -2.18. The monoisotopic (exact) mass is 369 g/mol. The molecule has 0 aliphatic carbocycles. The first kappa shape index (κ1) is 17.7. The van der Waals surface area contributed by atoms with Gasteiger partial charge < -0.3 is 4.90 Å². The SMILES string of the molecule is CN(C(=O)c1ccc(=O)n(Cc2ccccc2)n1)c1ccc2ccccc2c1. The van der Waals surface area contributed by atoms with E-state index < -0.39 is 0 Å². The highest BCUT2D eigenvalue weighted by Gasteiger charge is 2.16. The Labute approximate surface area is 162 Å². The van der Waals surface area contributed by atoms with E-state index in [9.17, 15) is 9.59 Å². The lowest BCUT2D eigenvalue weighted by molar-refractivity contribution is 0.0986. The highest BCUT2D eigenvalue weighted by molar-refractivity contribution is 6.05. The molecule has 1 aromatic heterocycles. The van der Waals surface area contributed by atoms with Gasteiger partial charge in [0.25, 0.3) is 11.5 Å². The second-order valence-corrected chi connectivity index (χ2v) is 6.60. The van der Waals surface area contributed by atoms with Gasteiger partial charge in [-0.1, -0.05) is 60.7 Å². The van der Waals surface area contributed by atoms with Gasteiger partial charge in [-0.25, -0.2) is 4.68 Å². The highest BCUT2D eigenvalue weighted by Crippen LogP contribution is 2.22. The second-order valence-electron chi connectivity index (χ2n) is 6.60. The normalized spacial score (nSPS) is 10.8. The molecular weight excluding hydrogens is 350 g/mol. The number of hydrogen-bond donors (Lipinski definition) is 0. The molecule has 0 bridgehead atoms. The first-order chi connectivity index (χ1) is 13.6. The van der Waals surface area contributed by atoms with Crippen LogP contribution in [0.15, 0.2) is 89.7 Å². The third kappa shape index (κ3) is 3.55. The van der Waals surface area contributed by atoms with E-state index >= 15 is 0 Å². The third-order valence-electron chi connectivity index (χ3n) is 4.69. The van der Waals surface area contributed by atoms with Crippen LogP contribution in [0.25, 0.3) is 10.8 Å². The fourth-order valence-electron chi connectivity index (χ4n) is 3.11. The molecule has 0 aliphatic heterocycles. The lowest BCUT2D eigenvalue weighted by atomic mass is 10.1. The highest BCUT2D eigenvalue weighted by atomic mass is 16.2. The zero-order chi connectivity index (χ0) is 19.5. The van der Waals surface area contributed by atoms with Crippen molar-refractivity contribution in [2.45, 2.75) is 6.54 Å². The van der Waals surface area contributed by atoms with E-state index in [4.69, 9.17) is 0 Å². The van der Waals surface area contributed by atoms with Gasteiger partial charge in [0.05, 0.1) is 6.54 Å². The quantitative estimate of drug-likeness (QED) is 0.551. The van der Waals surface area contributed by atoms with Crippen LogP contribution >= 0.6 is 0 Å². The predicted molar refractivity (Wildman–Crippen MR) is 111 cm³/mol. The van der Waals surface area contributed by atoms with Crippen LogP contribution in [0.1, 0.15) is 16.1 Å². The molecule has 0 saturated carbocycles. The summed E-state index contributed by atoms with van der Waals surface area (Å²) in [6.45, 7) is 0.320. The molecule has 0 unspecified atom stereocenters. The van der Waals surface area contributed by atoms with Gasteiger partial charge in [-0.2, -0.15) is 5.10 Å². The molecule has 4 rings (SSSR count). The van der Waals surface area contributed by atoms with Crippen molar-refractivity contribution in [3.63, 3.8) is 0 Å². The van der Waals surface area contributed by atoms with Crippen molar-refractivity contribution in [1.29, 1.82) is 0 Å². The number of nitrogens with zero attached hydrogens (tertiary/aromatic N) is 3. The van der Waals surface area contributed by atoms with Gasteiger partial charge in [0.2, 0.25) is 0 Å². The van der Waals surface area contributed by atoms with E-state index in [0.29, 0.717) is 6.54 Å². The van der Waals surface area contributed by atoms with Crippen LogP contribution in [0.3, 0.4) is 0 Å². The molecule has 0 saturated heterocycles. The average molecular weight is 369 g/mol. The summed E-state index contributed by atoms with van der Waals surface area (Å²) in [7, 11) is 1.71. The zero-order valence-corrected chi connectivity index (χ0v) is 15.4. The number of amides is 1. The molecule has 0 spiro atoms. The molecule has 0 aliphatic rings. The van der Waals surface area contributed by atoms with Crippen molar-refractivity contribution in [2.75, 3.05) is 11.9 Å². The number of aromatic nitrogens is 2. The molecule has 5 heteroatoms. The van der Waals surface area contributed by atoms with Crippen molar-refractivity contribution in [3.05, 3.63) is 107 Å². The Bertz CT molecular complexity index is 1200. The van der Waals surface area contributed by atoms with Gasteiger partial charge in [0.15, 0.2) is 0 Å². The minimum Gasteiger partial charge on any atom is -0.310 e. The van der Waals surface area contributed by atoms with Gasteiger partial charge >= 0.3 is 0 Å². The van der Waals surface area contributed by atoms with E-state index in [-0.39, 0.29) is 17.2 Å². The van der Waals surface area contributed by atoms with Crippen LogP contribution in [0, 0.1) is 0 Å². The predicted octanol–water partition coefficient (Wildman–Crippen LogP) is 3.72. The van der Waals surface area contributed by atoms with Crippen LogP contribution in [0.5, 0.6) is 0 Å². The minimum atomic E-state index is -0.267. The molecule has 0 radical (unpaired) electrons. The van der Waals surface area contributed by atoms with Crippen LogP contribution in [0.4, 0.5) is 5.69 Å². The number of carbonyl (C=O) groups excluding carboxylic acids is 1. The average Bonchev–Trinajstić information content (AvgIpc) is 2.74. The number of carbonyl (C=O) groups is 1. The van der Waals surface area contributed by atoms with E-state index in [2.05, 4.69) is 5.10 Å². The molecule has 1 amide bonds. The Morgan fingerprint density at radius 2 is 1.61 bits per heavy atom. The minimum absolute atomic E-state index is 0.228. The number of rotatable bonds is 4. The third-order valence-corrected chi connectivity index (χ3v) is 4.69. The Morgan fingerprint density at radius 3 is 2.39 bits per heavy atom. The van der Waals surface area contributed by atoms with E-state index in [1.807, 2.05) is 72.8 Å². The summed E-state index contributed by atoms with van der Waals surface area (Å²) in [6.07, 6.45) is 0. The fourth-order valence-corrected chi connectivity index (χ4v) is 3.11. The summed E-state index contributed by atoms with van der Waals surface area (Å²) < 4.78 is 1.32. The molecule has 138 valence electrons. The van der Waals surface area contributed by atoms with Gasteiger partial charge in [-0.05, 0) is 34.5 Å². The zero-order valence-electron chi connectivity index (χ0n) is 15.4. The van der Waals surface area contributed by atoms with Gasteiger partial charge in [0.1, 0.15) is 5.69 Å². The lowest BCUT2D eigenvalue weighted by Crippen LogP contribution is -2.31. The van der Waals surface area contributed by atoms with Crippen molar-refractivity contribution in [3.8, 4) is 0 Å². The molecule has 0 fully saturated rings. The van der Waals surface area contributed by atoms with Gasteiger partial charge in [-0.15, -0.1) is 0 Å². The molecule has 5 nitrogen and oxygen atoms in total. The van der Waals surface area contributed by atoms with Crippen LogP contribution in [0.2, 0.25) is 0 Å². The van der Waals surface area contributed by atoms with Gasteiger partial charge in [0, 0.05) is 18.8 Å². The molecule has 4 aromatic rings. The van der Waals surface area contributed by atoms with Gasteiger partial charge in [-0.3, -0.25) is 9.59 Å². The number of benzene rings is 3. The topological polar surface area (TPSA) is 55.2 Å². The van der Waals surface area contributed by atoms with Crippen LogP contribution in [-0.4, -0.2) is 22.7 Å². The first-order valence-corrected chi connectivity index (χ1v) is 9.01. The van der Waals surface area contributed by atoms with Crippen molar-refractivity contribution in [2.24, 2.45) is 0 Å². The van der Waals surface area contributed by atoms with Crippen molar-refractivity contribution >= 4 is 22.4 Å². The summed E-state index contributed by atoms with van der Waals surface area (Å²) >= 11 is 0.